The average molecular weight is 374 g/mol. The van der Waals surface area contributed by atoms with Crippen LogP contribution in [0.1, 0.15) is 21.7 Å². The van der Waals surface area contributed by atoms with Crippen LogP contribution in [0.3, 0.4) is 0 Å². The topological polar surface area (TPSA) is 86.5 Å². The summed E-state index contributed by atoms with van der Waals surface area (Å²) in [6.07, 6.45) is 2.39. The minimum Gasteiger partial charge on any atom is -0.494 e. The third-order valence-electron chi connectivity index (χ3n) is 2.90. The van der Waals surface area contributed by atoms with Crippen LogP contribution in [-0.2, 0) is 9.84 Å². The van der Waals surface area contributed by atoms with Gasteiger partial charge < -0.3 is 9.26 Å². The summed E-state index contributed by atoms with van der Waals surface area (Å²) in [6, 6.07) is 2.77. The van der Waals surface area contributed by atoms with Crippen LogP contribution in [0.4, 0.5) is 0 Å². The summed E-state index contributed by atoms with van der Waals surface area (Å²) in [7, 11) is -2.13. The summed E-state index contributed by atoms with van der Waals surface area (Å²) in [6.45, 7) is 1.62. The molecule has 0 bridgehead atoms. The van der Waals surface area contributed by atoms with Gasteiger partial charge in [-0.1, -0.05) is 5.16 Å². The quantitative estimate of drug-likeness (QED) is 0.764. The zero-order valence-electron chi connectivity index (χ0n) is 11.5. The van der Waals surface area contributed by atoms with Gasteiger partial charge >= 0.3 is 0 Å². The molecule has 112 valence electrons. The Hall–Kier alpha value is -1.67. The third kappa shape index (κ3) is 2.86. The van der Waals surface area contributed by atoms with Crippen molar-refractivity contribution in [3.63, 3.8) is 0 Å². The molecule has 0 fully saturated rings. The first-order chi connectivity index (χ1) is 9.77. The monoisotopic (exact) mass is 373 g/mol. The number of sulfone groups is 1. The van der Waals surface area contributed by atoms with Crippen molar-refractivity contribution in [2.75, 3.05) is 13.4 Å². The van der Waals surface area contributed by atoms with Gasteiger partial charge in [0.15, 0.2) is 21.4 Å². The van der Waals surface area contributed by atoms with Crippen molar-refractivity contribution in [1.82, 2.24) is 5.16 Å². The van der Waals surface area contributed by atoms with Crippen molar-refractivity contribution in [3.05, 3.63) is 39.7 Å². The summed E-state index contributed by atoms with van der Waals surface area (Å²) in [5.74, 6) is 0.148. The molecule has 0 amide bonds. The highest BCUT2D eigenvalue weighted by Gasteiger charge is 2.24. The second-order valence-electron chi connectivity index (χ2n) is 4.36. The van der Waals surface area contributed by atoms with E-state index < -0.39 is 9.84 Å². The molecule has 0 atom stereocenters. The van der Waals surface area contributed by atoms with Gasteiger partial charge in [0.25, 0.3) is 0 Å². The minimum absolute atomic E-state index is 0.00969. The van der Waals surface area contributed by atoms with Crippen LogP contribution in [0.15, 0.2) is 32.2 Å². The Balaban J connectivity index is 2.63. The third-order valence-corrected chi connectivity index (χ3v) is 4.81. The molecule has 0 N–H and O–H groups in total. The Morgan fingerprint density at radius 2 is 2.00 bits per heavy atom. The van der Waals surface area contributed by atoms with E-state index in [2.05, 4.69) is 21.1 Å². The molecule has 0 saturated heterocycles. The second kappa shape index (κ2) is 5.61. The minimum atomic E-state index is -3.47. The molecule has 0 aliphatic rings. The number of nitrogens with zero attached hydrogens (tertiary/aromatic N) is 1. The Morgan fingerprint density at radius 1 is 1.33 bits per heavy atom. The molecular formula is C13H12BrNO5S. The van der Waals surface area contributed by atoms with E-state index >= 15 is 0 Å². The molecule has 1 heterocycles. The van der Waals surface area contributed by atoms with Crippen molar-refractivity contribution in [3.8, 4) is 5.75 Å². The van der Waals surface area contributed by atoms with Crippen molar-refractivity contribution in [1.29, 1.82) is 0 Å². The van der Waals surface area contributed by atoms with E-state index in [1.807, 2.05) is 0 Å². The van der Waals surface area contributed by atoms with E-state index in [1.54, 1.807) is 6.92 Å². The molecule has 0 spiro atoms. The van der Waals surface area contributed by atoms with Gasteiger partial charge in [-0.15, -0.1) is 0 Å². The highest BCUT2D eigenvalue weighted by molar-refractivity contribution is 9.10. The second-order valence-corrected chi connectivity index (χ2v) is 7.13. The Labute approximate surface area is 130 Å². The lowest BCUT2D eigenvalue weighted by Crippen LogP contribution is -2.07. The lowest BCUT2D eigenvalue weighted by atomic mass is 10.0. The number of hydrogen-bond donors (Lipinski definition) is 0. The summed E-state index contributed by atoms with van der Waals surface area (Å²) in [5, 5.41) is 3.56. The number of rotatable bonds is 4. The van der Waals surface area contributed by atoms with E-state index in [0.29, 0.717) is 11.3 Å². The lowest BCUT2D eigenvalue weighted by Gasteiger charge is -2.12. The number of aryl methyl sites for hydroxylation is 1. The SMILES string of the molecule is COc1c(S(C)(=O)=O)ccc(C(=O)c2cnoc2C)c1Br. The zero-order valence-corrected chi connectivity index (χ0v) is 13.9. The van der Waals surface area contributed by atoms with E-state index in [0.717, 1.165) is 6.26 Å². The summed E-state index contributed by atoms with van der Waals surface area (Å²) in [5.41, 5.74) is 0.579. The van der Waals surface area contributed by atoms with Crippen LogP contribution >= 0.6 is 15.9 Å². The standard InChI is InChI=1S/C13H12BrNO5S/c1-7-9(6-15-20-7)12(16)8-4-5-10(21(3,17)18)13(19-2)11(8)14/h4-6H,1-3H3. The van der Waals surface area contributed by atoms with E-state index in [4.69, 9.17) is 9.26 Å². The molecule has 21 heavy (non-hydrogen) atoms. The van der Waals surface area contributed by atoms with Crippen LogP contribution < -0.4 is 4.74 Å². The molecule has 2 aromatic rings. The van der Waals surface area contributed by atoms with E-state index in [-0.39, 0.29) is 26.5 Å². The maximum absolute atomic E-state index is 12.4. The molecule has 2 rings (SSSR count). The maximum atomic E-state index is 12.4. The molecule has 8 heteroatoms. The van der Waals surface area contributed by atoms with Crippen molar-refractivity contribution < 1.29 is 22.5 Å². The molecule has 0 unspecified atom stereocenters. The first-order valence-electron chi connectivity index (χ1n) is 5.80. The largest absolute Gasteiger partial charge is 0.494 e. The molecule has 6 nitrogen and oxygen atoms in total. The number of methoxy groups -OCH3 is 1. The first-order valence-corrected chi connectivity index (χ1v) is 8.48. The van der Waals surface area contributed by atoms with Gasteiger partial charge in [0.1, 0.15) is 10.7 Å². The van der Waals surface area contributed by atoms with Crippen molar-refractivity contribution >= 4 is 31.6 Å². The molecule has 0 aliphatic carbocycles. The fraction of sp³-hybridized carbons (Fsp3) is 0.231. The first kappa shape index (κ1) is 15.7. The van der Waals surface area contributed by atoms with Crippen LogP contribution in [0.2, 0.25) is 0 Å². The molecule has 0 aliphatic heterocycles. The van der Waals surface area contributed by atoms with Crippen molar-refractivity contribution in [2.45, 2.75) is 11.8 Å². The number of carbonyl (C=O) groups excluding carboxylic acids is 1. The Morgan fingerprint density at radius 3 is 2.48 bits per heavy atom. The van der Waals surface area contributed by atoms with Gasteiger partial charge in [-0.3, -0.25) is 4.79 Å². The smallest absolute Gasteiger partial charge is 0.199 e. The van der Waals surface area contributed by atoms with Crippen LogP contribution in [0.5, 0.6) is 5.75 Å². The Bertz CT molecular complexity index is 810. The molecule has 1 aromatic carbocycles. The van der Waals surface area contributed by atoms with Gasteiger partial charge in [-0.05, 0) is 35.0 Å². The number of aromatic nitrogens is 1. The number of carbonyl (C=O) groups is 1. The highest BCUT2D eigenvalue weighted by atomic mass is 79.9. The van der Waals surface area contributed by atoms with E-state index in [9.17, 15) is 13.2 Å². The van der Waals surface area contributed by atoms with Gasteiger partial charge in [-0.25, -0.2) is 8.42 Å². The van der Waals surface area contributed by atoms with Crippen LogP contribution in [0, 0.1) is 6.92 Å². The molecule has 1 aromatic heterocycles. The van der Waals surface area contributed by atoms with Gasteiger partial charge in [0.05, 0.1) is 23.3 Å². The molecular weight excluding hydrogens is 362 g/mol. The maximum Gasteiger partial charge on any atom is 0.199 e. The van der Waals surface area contributed by atoms with Crippen LogP contribution in [0.25, 0.3) is 0 Å². The van der Waals surface area contributed by atoms with Crippen molar-refractivity contribution in [2.24, 2.45) is 0 Å². The molecule has 0 saturated carbocycles. The number of benzene rings is 1. The molecule has 0 radical (unpaired) electrons. The summed E-state index contributed by atoms with van der Waals surface area (Å²) < 4.78 is 33.7. The predicted molar refractivity (Wildman–Crippen MR) is 78.5 cm³/mol. The lowest BCUT2D eigenvalue weighted by molar-refractivity contribution is 0.103. The average Bonchev–Trinajstić information content (AvgIpc) is 2.82. The number of halogens is 1. The van der Waals surface area contributed by atoms with E-state index in [1.165, 1.54) is 25.4 Å². The highest BCUT2D eigenvalue weighted by Crippen LogP contribution is 2.36. The normalized spacial score (nSPS) is 11.4. The fourth-order valence-corrected chi connectivity index (χ4v) is 3.51. The zero-order chi connectivity index (χ0) is 15.8. The van der Waals surface area contributed by atoms with Gasteiger partial charge in [0.2, 0.25) is 0 Å². The predicted octanol–water partition coefficient (Wildman–Crippen LogP) is 2.39. The Kier molecular flexibility index (Phi) is 4.20. The van der Waals surface area contributed by atoms with Gasteiger partial charge in [0, 0.05) is 11.8 Å². The van der Waals surface area contributed by atoms with Gasteiger partial charge in [-0.2, -0.15) is 0 Å². The summed E-state index contributed by atoms with van der Waals surface area (Å²) in [4.78, 5) is 12.5. The number of ketones is 1. The summed E-state index contributed by atoms with van der Waals surface area (Å²) >= 11 is 3.23. The number of ether oxygens (including phenoxy) is 1. The number of hydrogen-bond acceptors (Lipinski definition) is 6. The van der Waals surface area contributed by atoms with Crippen LogP contribution in [-0.4, -0.2) is 32.7 Å². The fourth-order valence-electron chi connectivity index (χ4n) is 1.86.